The number of amides is 1. The molecule has 0 aliphatic carbocycles. The number of rotatable bonds is 20. The van der Waals surface area contributed by atoms with Crippen LogP contribution in [0.25, 0.3) is 29.7 Å². The number of nitrogens with one attached hydrogen (secondary N) is 1. The fourth-order valence-electron chi connectivity index (χ4n) is 8.30. The molecule has 3 nitrogen and oxygen atoms in total. The van der Waals surface area contributed by atoms with Gasteiger partial charge in [0.1, 0.15) is 8.07 Å². The van der Waals surface area contributed by atoms with E-state index in [2.05, 4.69) is 91.1 Å². The minimum atomic E-state index is -2.01. The Labute approximate surface area is 321 Å². The molecule has 0 saturated carbocycles. The fourth-order valence-corrected chi connectivity index (χ4v) is 21.2. The second kappa shape index (κ2) is 17.7. The maximum atomic E-state index is 13.4. The number of hydrogen-bond acceptors (Lipinski definition) is 6. The van der Waals surface area contributed by atoms with Crippen LogP contribution in [-0.2, 0) is 5.41 Å². The zero-order valence-corrected chi connectivity index (χ0v) is 36.9. The van der Waals surface area contributed by atoms with Crippen LogP contribution in [0.3, 0.4) is 0 Å². The average Bonchev–Trinajstić information content (AvgIpc) is 3.89. The minimum absolute atomic E-state index is 0.00594. The van der Waals surface area contributed by atoms with E-state index in [4.69, 9.17) is 4.98 Å². The molecule has 50 heavy (non-hydrogen) atoms. The van der Waals surface area contributed by atoms with Gasteiger partial charge in [0.25, 0.3) is 5.91 Å². The molecular weight excluding hydrogens is 705 g/mol. The molecule has 1 aliphatic rings. The third kappa shape index (κ3) is 8.56. The van der Waals surface area contributed by atoms with Crippen LogP contribution >= 0.6 is 45.3 Å². The highest BCUT2D eigenvalue weighted by Gasteiger charge is 2.50. The van der Waals surface area contributed by atoms with Gasteiger partial charge in [0.15, 0.2) is 5.01 Å². The van der Waals surface area contributed by atoms with Crippen LogP contribution in [0.15, 0.2) is 12.1 Å². The van der Waals surface area contributed by atoms with Crippen LogP contribution in [-0.4, -0.2) is 25.5 Å². The van der Waals surface area contributed by atoms with Gasteiger partial charge in [-0.1, -0.05) is 132 Å². The van der Waals surface area contributed by atoms with Gasteiger partial charge in [-0.25, -0.2) is 4.98 Å². The lowest BCUT2D eigenvalue weighted by Crippen LogP contribution is -2.56. The van der Waals surface area contributed by atoms with Crippen molar-refractivity contribution in [2.24, 2.45) is 11.8 Å². The summed E-state index contributed by atoms with van der Waals surface area (Å²) in [7, 11) is -2.01. The van der Waals surface area contributed by atoms with E-state index in [1.807, 2.05) is 22.7 Å². The Balaban J connectivity index is 1.56. The standard InChI is InChI=1S/C42H64N2OS4Si/c1-10-15-17-18-19-20-23-43-40(45)41-44-34-38(49-41)35(48-39(34)42(7,8)9)31-25-33-37(47-31)36-32(24-28(6)46-36)50(33,26-29(13-4)21-12-3)27-30(14-5)22-16-11-2/h24-25,29-30H,10-23,26-27H2,1-9H3,(H,43,45). The van der Waals surface area contributed by atoms with Crippen LogP contribution in [0.4, 0.5) is 0 Å². The van der Waals surface area contributed by atoms with E-state index in [9.17, 15) is 4.79 Å². The van der Waals surface area contributed by atoms with Crippen LogP contribution in [0.5, 0.6) is 0 Å². The second-order valence-electron chi connectivity index (χ2n) is 16.2. The average molecular weight is 769 g/mol. The van der Waals surface area contributed by atoms with Crippen LogP contribution in [0, 0.1) is 18.8 Å². The molecule has 0 saturated heterocycles. The Bertz CT molecular complexity index is 1700. The predicted molar refractivity (Wildman–Crippen MR) is 230 cm³/mol. The molecule has 1 amide bonds. The quantitative estimate of drug-likeness (QED) is 0.0719. The minimum Gasteiger partial charge on any atom is -0.350 e. The molecule has 0 bridgehead atoms. The lowest BCUT2D eigenvalue weighted by Gasteiger charge is -2.35. The molecule has 0 spiro atoms. The Morgan fingerprint density at radius 2 is 1.40 bits per heavy atom. The van der Waals surface area contributed by atoms with Crippen LogP contribution < -0.4 is 15.7 Å². The van der Waals surface area contributed by atoms with Gasteiger partial charge in [0.05, 0.1) is 15.1 Å². The summed E-state index contributed by atoms with van der Waals surface area (Å²) >= 11 is 7.66. The summed E-state index contributed by atoms with van der Waals surface area (Å²) in [6.45, 7) is 21.8. The summed E-state index contributed by atoms with van der Waals surface area (Å²) in [6.07, 6.45) is 16.5. The molecule has 276 valence electrons. The summed E-state index contributed by atoms with van der Waals surface area (Å²) in [6, 6.07) is 8.09. The largest absolute Gasteiger partial charge is 0.350 e. The van der Waals surface area contributed by atoms with E-state index in [0.29, 0.717) is 5.01 Å². The molecule has 5 heterocycles. The van der Waals surface area contributed by atoms with E-state index in [0.717, 1.165) is 30.3 Å². The zero-order valence-electron chi connectivity index (χ0n) is 32.6. The van der Waals surface area contributed by atoms with Gasteiger partial charge >= 0.3 is 0 Å². The molecule has 5 rings (SSSR count). The number of aromatic nitrogens is 1. The van der Waals surface area contributed by atoms with Gasteiger partial charge in [-0.15, -0.1) is 45.3 Å². The Hall–Kier alpha value is -1.32. The van der Waals surface area contributed by atoms with Crippen molar-refractivity contribution in [2.75, 3.05) is 6.54 Å². The van der Waals surface area contributed by atoms with Crippen molar-refractivity contribution in [1.82, 2.24) is 10.3 Å². The van der Waals surface area contributed by atoms with Crippen molar-refractivity contribution >= 4 is 79.9 Å². The number of aryl methyl sites for hydroxylation is 1. The molecule has 4 aromatic heterocycles. The highest BCUT2D eigenvalue weighted by atomic mass is 32.1. The number of nitrogens with zero attached hydrogens (tertiary/aromatic N) is 1. The van der Waals surface area contributed by atoms with E-state index in [-0.39, 0.29) is 11.3 Å². The molecule has 0 aromatic carbocycles. The normalized spacial score (nSPS) is 17.0. The highest BCUT2D eigenvalue weighted by Crippen LogP contribution is 2.52. The number of thiazole rings is 1. The number of carbonyl (C=O) groups is 1. The Morgan fingerprint density at radius 3 is 2.06 bits per heavy atom. The lowest BCUT2D eigenvalue weighted by atomic mass is 9.94. The van der Waals surface area contributed by atoms with Crippen molar-refractivity contribution in [3.05, 3.63) is 26.9 Å². The maximum absolute atomic E-state index is 13.4. The summed E-state index contributed by atoms with van der Waals surface area (Å²) < 4.78 is 1.21. The van der Waals surface area contributed by atoms with Crippen molar-refractivity contribution in [3.8, 4) is 19.5 Å². The molecule has 4 aromatic rings. The predicted octanol–water partition coefficient (Wildman–Crippen LogP) is 13.4. The second-order valence-corrected chi connectivity index (χ2v) is 24.5. The van der Waals surface area contributed by atoms with Crippen molar-refractivity contribution < 1.29 is 4.79 Å². The van der Waals surface area contributed by atoms with Gasteiger partial charge in [0.2, 0.25) is 0 Å². The monoisotopic (exact) mass is 768 g/mol. The van der Waals surface area contributed by atoms with E-state index in [1.54, 1.807) is 31.5 Å². The Morgan fingerprint density at radius 1 is 0.760 bits per heavy atom. The molecule has 8 heteroatoms. The van der Waals surface area contributed by atoms with E-state index < -0.39 is 8.07 Å². The number of fused-ring (bicyclic) bond motifs is 4. The molecule has 0 radical (unpaired) electrons. The topological polar surface area (TPSA) is 42.0 Å². The van der Waals surface area contributed by atoms with Gasteiger partial charge in [-0.3, -0.25) is 4.79 Å². The fraction of sp³-hybridized carbons (Fsp3) is 0.667. The molecule has 3 atom stereocenters. The number of carbonyl (C=O) groups excluding carboxylic acids is 1. The first kappa shape index (κ1) is 39.9. The van der Waals surface area contributed by atoms with Crippen molar-refractivity contribution in [2.45, 2.75) is 163 Å². The van der Waals surface area contributed by atoms with Gasteiger partial charge in [0, 0.05) is 30.9 Å². The summed E-state index contributed by atoms with van der Waals surface area (Å²) in [5.41, 5.74) is 1.01. The molecule has 0 fully saturated rings. The van der Waals surface area contributed by atoms with Crippen molar-refractivity contribution in [1.29, 1.82) is 0 Å². The molecule has 3 unspecified atom stereocenters. The maximum Gasteiger partial charge on any atom is 0.280 e. The third-order valence-electron chi connectivity index (χ3n) is 11.1. The van der Waals surface area contributed by atoms with E-state index >= 15 is 0 Å². The van der Waals surface area contributed by atoms with Crippen LogP contribution in [0.2, 0.25) is 12.1 Å². The Kier molecular flexibility index (Phi) is 14.1. The molecule has 1 N–H and O–H groups in total. The summed E-state index contributed by atoms with van der Waals surface area (Å²) in [5, 5.41) is 7.34. The first-order valence-electron chi connectivity index (χ1n) is 20.0. The van der Waals surface area contributed by atoms with Gasteiger partial charge < -0.3 is 5.32 Å². The smallest absolute Gasteiger partial charge is 0.280 e. The first-order chi connectivity index (χ1) is 24.0. The zero-order chi connectivity index (χ0) is 36.1. The van der Waals surface area contributed by atoms with Crippen LogP contribution in [0.1, 0.15) is 158 Å². The number of thiophene rings is 3. The lowest BCUT2D eigenvalue weighted by molar-refractivity contribution is 0.0952. The summed E-state index contributed by atoms with van der Waals surface area (Å²) in [5.74, 6) is 1.58. The summed E-state index contributed by atoms with van der Waals surface area (Å²) in [4.78, 5) is 27.2. The van der Waals surface area contributed by atoms with Crippen molar-refractivity contribution in [3.63, 3.8) is 0 Å². The SMILES string of the molecule is CCCCCCCCNC(=O)c1nc2c(C(C)(C)C)sc(-c3cc4c(s3)-c3sc(C)cc3[Si]4(CC(CC)CCC)CC(CC)CCCC)c2s1. The number of hydrogen-bond donors (Lipinski definition) is 1. The molecular formula is C42H64N2OS4Si. The number of unbranched alkanes of at least 4 members (excludes halogenated alkanes) is 6. The third-order valence-corrected chi connectivity index (χ3v) is 22.2. The molecule has 1 aliphatic heterocycles. The first-order valence-corrected chi connectivity index (χ1v) is 25.7. The van der Waals surface area contributed by atoms with Gasteiger partial charge in [-0.05, 0) is 65.2 Å². The highest BCUT2D eigenvalue weighted by molar-refractivity contribution is 7.33. The van der Waals surface area contributed by atoms with Gasteiger partial charge in [-0.2, -0.15) is 0 Å². The van der Waals surface area contributed by atoms with E-state index in [1.165, 1.54) is 113 Å².